The molecule has 2 atom stereocenters. The summed E-state index contributed by atoms with van der Waals surface area (Å²) >= 11 is 0. The Kier molecular flexibility index (Phi) is 3.64. The van der Waals surface area contributed by atoms with Crippen molar-refractivity contribution in [3.63, 3.8) is 0 Å². The van der Waals surface area contributed by atoms with Crippen molar-refractivity contribution in [2.45, 2.75) is 28.9 Å². The summed E-state index contributed by atoms with van der Waals surface area (Å²) in [4.78, 5) is 0.161. The highest BCUT2D eigenvalue weighted by Gasteiger charge is 2.62. The molecule has 0 spiro atoms. The Morgan fingerprint density at radius 1 is 1.13 bits per heavy atom. The lowest BCUT2D eigenvalue weighted by molar-refractivity contribution is 0.538. The van der Waals surface area contributed by atoms with E-state index in [1.54, 1.807) is 12.1 Å². The standard InChI is InChI=1S/C18H16F2O2S/c1-3-18(17-14(19)5-4-6-15(17)20)11-16(18)23(21,22)13-9-7-12(2)8-10-13/h3-10,16H,1,11H2,2H3/t16-,18-/m0/s1. The van der Waals surface area contributed by atoms with Crippen LogP contribution in [-0.4, -0.2) is 13.7 Å². The summed E-state index contributed by atoms with van der Waals surface area (Å²) in [6, 6.07) is 9.98. The lowest BCUT2D eigenvalue weighted by Gasteiger charge is -2.15. The van der Waals surface area contributed by atoms with Crippen molar-refractivity contribution in [2.24, 2.45) is 0 Å². The molecule has 0 amide bonds. The van der Waals surface area contributed by atoms with Gasteiger partial charge in [0.25, 0.3) is 0 Å². The van der Waals surface area contributed by atoms with E-state index in [-0.39, 0.29) is 16.9 Å². The number of rotatable bonds is 4. The van der Waals surface area contributed by atoms with Crippen molar-refractivity contribution < 1.29 is 17.2 Å². The van der Waals surface area contributed by atoms with Gasteiger partial charge in [-0.15, -0.1) is 6.58 Å². The molecule has 0 bridgehead atoms. The van der Waals surface area contributed by atoms with E-state index in [4.69, 9.17) is 0 Å². The Labute approximate surface area is 134 Å². The molecule has 0 saturated heterocycles. The van der Waals surface area contributed by atoms with E-state index in [1.807, 2.05) is 6.92 Å². The highest BCUT2D eigenvalue weighted by atomic mass is 32.2. The molecule has 1 aliphatic carbocycles. The second-order valence-electron chi connectivity index (χ2n) is 5.89. The van der Waals surface area contributed by atoms with Gasteiger partial charge in [-0.3, -0.25) is 0 Å². The van der Waals surface area contributed by atoms with Crippen LogP contribution in [0.25, 0.3) is 0 Å². The molecular formula is C18H16F2O2S. The fourth-order valence-electron chi connectivity index (χ4n) is 3.05. The fourth-order valence-corrected chi connectivity index (χ4v) is 5.16. The summed E-state index contributed by atoms with van der Waals surface area (Å²) in [5.74, 6) is -1.49. The molecule has 1 aliphatic rings. The van der Waals surface area contributed by atoms with Gasteiger partial charge < -0.3 is 0 Å². The van der Waals surface area contributed by atoms with Crippen LogP contribution in [-0.2, 0) is 15.3 Å². The fraction of sp³-hybridized carbons (Fsp3) is 0.222. The third kappa shape index (κ3) is 2.39. The maximum absolute atomic E-state index is 14.1. The van der Waals surface area contributed by atoms with Crippen LogP contribution in [0.1, 0.15) is 17.5 Å². The van der Waals surface area contributed by atoms with Gasteiger partial charge >= 0.3 is 0 Å². The van der Waals surface area contributed by atoms with Crippen LogP contribution in [0.3, 0.4) is 0 Å². The molecule has 0 aromatic heterocycles. The molecule has 1 fully saturated rings. The van der Waals surface area contributed by atoms with E-state index >= 15 is 0 Å². The molecule has 2 aromatic carbocycles. The average molecular weight is 334 g/mol. The topological polar surface area (TPSA) is 34.1 Å². The summed E-state index contributed by atoms with van der Waals surface area (Å²) in [6.45, 7) is 5.48. The van der Waals surface area contributed by atoms with E-state index in [2.05, 4.69) is 6.58 Å². The van der Waals surface area contributed by atoms with Crippen molar-refractivity contribution in [3.8, 4) is 0 Å². The van der Waals surface area contributed by atoms with E-state index in [1.165, 1.54) is 24.3 Å². The third-order valence-corrected chi connectivity index (χ3v) is 6.72. The summed E-state index contributed by atoms with van der Waals surface area (Å²) in [5.41, 5.74) is -0.482. The zero-order valence-electron chi connectivity index (χ0n) is 12.6. The van der Waals surface area contributed by atoms with E-state index < -0.39 is 32.1 Å². The van der Waals surface area contributed by atoms with Gasteiger partial charge in [0.2, 0.25) is 0 Å². The minimum atomic E-state index is -3.69. The Morgan fingerprint density at radius 2 is 1.70 bits per heavy atom. The predicted molar refractivity (Wildman–Crippen MR) is 85.0 cm³/mol. The summed E-state index contributed by atoms with van der Waals surface area (Å²) in [6.07, 6.45) is 1.48. The normalized spacial score (nSPS) is 23.5. The van der Waals surface area contributed by atoms with Crippen molar-refractivity contribution in [3.05, 3.63) is 77.9 Å². The van der Waals surface area contributed by atoms with Crippen LogP contribution in [0, 0.1) is 18.6 Å². The molecule has 0 aliphatic heterocycles. The van der Waals surface area contributed by atoms with Gasteiger partial charge in [-0.05, 0) is 37.6 Å². The van der Waals surface area contributed by atoms with Crippen molar-refractivity contribution in [1.29, 1.82) is 0 Å². The van der Waals surface area contributed by atoms with Crippen LogP contribution in [0.15, 0.2) is 60.0 Å². The van der Waals surface area contributed by atoms with Crippen LogP contribution in [0.4, 0.5) is 8.78 Å². The van der Waals surface area contributed by atoms with Gasteiger partial charge in [0.05, 0.1) is 10.1 Å². The number of allylic oxidation sites excluding steroid dienone is 1. The molecule has 120 valence electrons. The second-order valence-corrected chi connectivity index (χ2v) is 8.02. The molecule has 0 N–H and O–H groups in total. The Balaban J connectivity index is 2.07. The molecule has 0 unspecified atom stereocenters. The first kappa shape index (κ1) is 15.9. The highest BCUT2D eigenvalue weighted by Crippen LogP contribution is 2.56. The molecule has 3 rings (SSSR count). The zero-order valence-corrected chi connectivity index (χ0v) is 13.4. The molecule has 0 heterocycles. The highest BCUT2D eigenvalue weighted by molar-refractivity contribution is 7.92. The van der Waals surface area contributed by atoms with Crippen LogP contribution in [0.5, 0.6) is 0 Å². The van der Waals surface area contributed by atoms with Crippen LogP contribution < -0.4 is 0 Å². The Bertz CT molecular complexity index is 852. The largest absolute Gasteiger partial charge is 0.223 e. The van der Waals surface area contributed by atoms with E-state index in [0.29, 0.717) is 0 Å². The quantitative estimate of drug-likeness (QED) is 0.794. The van der Waals surface area contributed by atoms with E-state index in [9.17, 15) is 17.2 Å². The Morgan fingerprint density at radius 3 is 2.22 bits per heavy atom. The van der Waals surface area contributed by atoms with Gasteiger partial charge in [-0.2, -0.15) is 0 Å². The molecule has 1 saturated carbocycles. The van der Waals surface area contributed by atoms with Gasteiger partial charge in [-0.1, -0.05) is 29.8 Å². The van der Waals surface area contributed by atoms with E-state index in [0.717, 1.165) is 17.7 Å². The average Bonchev–Trinajstić information content (AvgIpc) is 3.24. The maximum atomic E-state index is 14.1. The SMILES string of the molecule is C=C[C@]1(c2c(F)cccc2F)C[C@@H]1S(=O)(=O)c1ccc(C)cc1. The number of hydrogen-bond acceptors (Lipinski definition) is 2. The van der Waals surface area contributed by atoms with Gasteiger partial charge in [0.1, 0.15) is 11.6 Å². The first-order valence-electron chi connectivity index (χ1n) is 7.21. The van der Waals surface area contributed by atoms with Crippen molar-refractivity contribution >= 4 is 9.84 Å². The summed E-state index contributed by atoms with van der Waals surface area (Å²) < 4.78 is 53.8. The summed E-state index contributed by atoms with van der Waals surface area (Å²) in [5, 5.41) is -0.901. The first-order valence-corrected chi connectivity index (χ1v) is 8.76. The molecule has 2 aromatic rings. The molecular weight excluding hydrogens is 318 g/mol. The lowest BCUT2D eigenvalue weighted by atomic mass is 9.95. The zero-order chi connectivity index (χ0) is 16.8. The van der Waals surface area contributed by atoms with Crippen molar-refractivity contribution in [1.82, 2.24) is 0 Å². The smallest absolute Gasteiger partial charge is 0.182 e. The van der Waals surface area contributed by atoms with Gasteiger partial charge in [-0.25, -0.2) is 17.2 Å². The molecule has 2 nitrogen and oxygen atoms in total. The van der Waals surface area contributed by atoms with Gasteiger partial charge in [0.15, 0.2) is 9.84 Å². The minimum Gasteiger partial charge on any atom is -0.223 e. The molecule has 0 radical (unpaired) electrons. The lowest BCUT2D eigenvalue weighted by Crippen LogP contribution is -2.20. The third-order valence-electron chi connectivity index (χ3n) is 4.45. The first-order chi connectivity index (χ1) is 10.8. The van der Waals surface area contributed by atoms with Crippen molar-refractivity contribution in [2.75, 3.05) is 0 Å². The number of halogens is 2. The number of sulfone groups is 1. The molecule has 5 heteroatoms. The predicted octanol–water partition coefficient (Wildman–Crippen LogP) is 3.94. The monoisotopic (exact) mass is 334 g/mol. The number of aryl methyl sites for hydroxylation is 1. The maximum Gasteiger partial charge on any atom is 0.182 e. The minimum absolute atomic E-state index is 0.130. The number of hydrogen-bond donors (Lipinski definition) is 0. The second kappa shape index (κ2) is 5.27. The Hall–Kier alpha value is -2.01. The summed E-state index contributed by atoms with van der Waals surface area (Å²) in [7, 11) is -3.69. The van der Waals surface area contributed by atoms with Crippen LogP contribution in [0.2, 0.25) is 0 Å². The number of benzene rings is 2. The molecule has 23 heavy (non-hydrogen) atoms. The van der Waals surface area contributed by atoms with Gasteiger partial charge in [0, 0.05) is 11.0 Å². The van der Waals surface area contributed by atoms with Crippen LogP contribution >= 0.6 is 0 Å².